The van der Waals surface area contributed by atoms with Crippen molar-refractivity contribution in [2.75, 3.05) is 12.1 Å². The molecule has 0 spiro atoms. The first-order valence-corrected chi connectivity index (χ1v) is 12.2. The van der Waals surface area contributed by atoms with Gasteiger partial charge in [-0.05, 0) is 69.5 Å². The van der Waals surface area contributed by atoms with Gasteiger partial charge in [-0.2, -0.15) is 5.26 Å². The third kappa shape index (κ3) is 5.49. The molecule has 3 atom stereocenters. The molecule has 0 bridgehead atoms. The van der Waals surface area contributed by atoms with E-state index in [1.54, 1.807) is 45.2 Å². The van der Waals surface area contributed by atoms with Gasteiger partial charge >= 0.3 is 18.0 Å². The van der Waals surface area contributed by atoms with Crippen LogP contribution in [0, 0.1) is 22.7 Å². The lowest BCUT2D eigenvalue weighted by molar-refractivity contribution is -0.175. The standard InChI is InChI=1S/C27H28N4O8/c1-14(32)21-18-11-17(22(31(18)23(21)33)24(34)37-13-38-25(35)27(2,3)4)15-7-8-19(16(10-15)12-28)39-26(36)30-20-6-5-9-29-20/h5-10,14,18,21,29,32H,11,13H2,1-4H3,(H,30,36)/t14-,18-,21-/m1/s1. The van der Waals surface area contributed by atoms with Crippen LogP contribution in [0.2, 0.25) is 0 Å². The number of β-lactam (4-membered cyclic amide) rings is 1. The van der Waals surface area contributed by atoms with E-state index in [1.165, 1.54) is 24.0 Å². The zero-order valence-electron chi connectivity index (χ0n) is 21.8. The summed E-state index contributed by atoms with van der Waals surface area (Å²) in [4.78, 5) is 54.3. The molecular formula is C27H28N4O8. The van der Waals surface area contributed by atoms with Crippen molar-refractivity contribution in [2.24, 2.45) is 11.3 Å². The van der Waals surface area contributed by atoms with E-state index < -0.39 is 54.2 Å². The SMILES string of the molecule is C[C@@H](O)[C@H]1C(=O)N2C(C(=O)OCOC(=O)C(C)(C)C)=C(c3ccc(OC(=O)Nc4ccc[nH]4)c(C#N)c3)C[C@H]12. The minimum absolute atomic E-state index is 0.0108. The number of ether oxygens (including phenoxy) is 3. The first-order chi connectivity index (χ1) is 18.4. The summed E-state index contributed by atoms with van der Waals surface area (Å²) in [6.07, 6.45) is 0.0802. The highest BCUT2D eigenvalue weighted by molar-refractivity contribution is 6.07. The van der Waals surface area contributed by atoms with Gasteiger partial charge in [-0.1, -0.05) is 6.07 Å². The molecule has 2 amide bonds. The van der Waals surface area contributed by atoms with Gasteiger partial charge in [0, 0.05) is 6.20 Å². The van der Waals surface area contributed by atoms with Gasteiger partial charge in [-0.3, -0.25) is 14.9 Å². The van der Waals surface area contributed by atoms with Gasteiger partial charge in [-0.25, -0.2) is 9.59 Å². The Morgan fingerprint density at radius 3 is 2.62 bits per heavy atom. The Balaban J connectivity index is 1.60. The van der Waals surface area contributed by atoms with E-state index in [2.05, 4.69) is 10.3 Å². The van der Waals surface area contributed by atoms with Crippen LogP contribution in [0.3, 0.4) is 0 Å². The Kier molecular flexibility index (Phi) is 7.47. The average Bonchev–Trinajstić information content (AvgIpc) is 3.49. The van der Waals surface area contributed by atoms with E-state index in [9.17, 15) is 29.5 Å². The average molecular weight is 537 g/mol. The number of aliphatic hydroxyl groups is 1. The molecule has 3 N–H and O–H groups in total. The maximum absolute atomic E-state index is 13.1. The van der Waals surface area contributed by atoms with Gasteiger partial charge in [0.15, 0.2) is 5.75 Å². The third-order valence-corrected chi connectivity index (χ3v) is 6.40. The first kappa shape index (κ1) is 27.4. The van der Waals surface area contributed by atoms with Gasteiger partial charge in [-0.15, -0.1) is 0 Å². The van der Waals surface area contributed by atoms with Crippen LogP contribution in [0.1, 0.15) is 45.2 Å². The molecule has 204 valence electrons. The van der Waals surface area contributed by atoms with Crippen molar-refractivity contribution in [1.29, 1.82) is 5.26 Å². The number of amides is 2. The number of esters is 2. The molecule has 3 heterocycles. The van der Waals surface area contributed by atoms with E-state index in [0.717, 1.165) is 0 Å². The van der Waals surface area contributed by atoms with Crippen LogP contribution in [0.5, 0.6) is 5.75 Å². The summed E-state index contributed by atoms with van der Waals surface area (Å²) in [5.74, 6) is -2.22. The largest absolute Gasteiger partial charge is 0.427 e. The molecule has 1 saturated heterocycles. The fourth-order valence-corrected chi connectivity index (χ4v) is 4.48. The fourth-order valence-electron chi connectivity index (χ4n) is 4.48. The van der Waals surface area contributed by atoms with E-state index in [-0.39, 0.29) is 23.4 Å². The van der Waals surface area contributed by atoms with Gasteiger partial charge < -0.3 is 29.2 Å². The number of hydrogen-bond donors (Lipinski definition) is 3. The minimum Gasteiger partial charge on any atom is -0.427 e. The van der Waals surface area contributed by atoms with Crippen LogP contribution in [-0.4, -0.2) is 57.9 Å². The predicted octanol–water partition coefficient (Wildman–Crippen LogP) is 2.91. The Hall–Kier alpha value is -4.63. The number of anilines is 1. The second kappa shape index (κ2) is 10.6. The lowest BCUT2D eigenvalue weighted by Crippen LogP contribution is -2.61. The molecule has 0 aliphatic carbocycles. The second-order valence-electron chi connectivity index (χ2n) is 10.2. The Labute approximate surface area is 224 Å². The monoisotopic (exact) mass is 536 g/mol. The number of carbonyl (C=O) groups is 4. The number of nitriles is 1. The van der Waals surface area contributed by atoms with Crippen molar-refractivity contribution in [3.63, 3.8) is 0 Å². The van der Waals surface area contributed by atoms with Crippen molar-refractivity contribution in [1.82, 2.24) is 9.88 Å². The first-order valence-electron chi connectivity index (χ1n) is 12.2. The van der Waals surface area contributed by atoms with Crippen molar-refractivity contribution in [2.45, 2.75) is 46.3 Å². The Morgan fingerprint density at radius 1 is 1.26 bits per heavy atom. The number of benzene rings is 1. The fraction of sp³-hybridized carbons (Fsp3) is 0.370. The van der Waals surface area contributed by atoms with Crippen LogP contribution in [-0.2, 0) is 23.9 Å². The molecule has 0 saturated carbocycles. The van der Waals surface area contributed by atoms with Crippen LogP contribution in [0.4, 0.5) is 10.6 Å². The van der Waals surface area contributed by atoms with Crippen LogP contribution in [0.15, 0.2) is 42.2 Å². The zero-order valence-corrected chi connectivity index (χ0v) is 21.8. The van der Waals surface area contributed by atoms with Gasteiger partial charge in [0.05, 0.1) is 29.0 Å². The molecule has 39 heavy (non-hydrogen) atoms. The van der Waals surface area contributed by atoms with Crippen molar-refractivity contribution in [3.8, 4) is 11.8 Å². The third-order valence-electron chi connectivity index (χ3n) is 6.40. The number of fused-ring (bicyclic) bond motifs is 1. The maximum Gasteiger partial charge on any atom is 0.418 e. The molecule has 1 aromatic carbocycles. The Morgan fingerprint density at radius 2 is 2.00 bits per heavy atom. The normalized spacial score (nSPS) is 19.0. The summed E-state index contributed by atoms with van der Waals surface area (Å²) in [6.45, 7) is 5.80. The van der Waals surface area contributed by atoms with Gasteiger partial charge in [0.1, 0.15) is 17.6 Å². The molecule has 2 aliphatic heterocycles. The lowest BCUT2D eigenvalue weighted by Gasteiger charge is -2.44. The van der Waals surface area contributed by atoms with E-state index in [4.69, 9.17) is 14.2 Å². The molecular weight excluding hydrogens is 508 g/mol. The number of aliphatic hydroxyl groups excluding tert-OH is 1. The molecule has 1 fully saturated rings. The van der Waals surface area contributed by atoms with E-state index >= 15 is 0 Å². The van der Waals surface area contributed by atoms with E-state index in [1.807, 2.05) is 6.07 Å². The van der Waals surface area contributed by atoms with Crippen molar-refractivity contribution >= 4 is 35.3 Å². The highest BCUT2D eigenvalue weighted by Gasteiger charge is 2.57. The molecule has 0 unspecified atom stereocenters. The molecule has 12 heteroatoms. The smallest absolute Gasteiger partial charge is 0.418 e. The number of rotatable bonds is 7. The van der Waals surface area contributed by atoms with Gasteiger partial charge in [0.2, 0.25) is 12.7 Å². The summed E-state index contributed by atoms with van der Waals surface area (Å²) < 4.78 is 15.5. The Bertz CT molecular complexity index is 1380. The summed E-state index contributed by atoms with van der Waals surface area (Å²) in [7, 11) is 0. The topological polar surface area (TPSA) is 171 Å². The molecule has 1 aromatic heterocycles. The van der Waals surface area contributed by atoms with Crippen LogP contribution >= 0.6 is 0 Å². The molecule has 2 aliphatic rings. The number of aromatic nitrogens is 1. The van der Waals surface area contributed by atoms with Crippen LogP contribution < -0.4 is 10.1 Å². The number of H-pyrrole nitrogens is 1. The van der Waals surface area contributed by atoms with Crippen molar-refractivity contribution in [3.05, 3.63) is 53.4 Å². The van der Waals surface area contributed by atoms with Crippen molar-refractivity contribution < 1.29 is 38.5 Å². The number of nitrogens with one attached hydrogen (secondary N) is 2. The molecule has 0 radical (unpaired) electrons. The highest BCUT2D eigenvalue weighted by Crippen LogP contribution is 2.47. The number of carbonyl (C=O) groups excluding carboxylic acids is 4. The molecule has 4 rings (SSSR count). The summed E-state index contributed by atoms with van der Waals surface area (Å²) in [5.41, 5.74) is -0.0171. The number of nitrogens with zero attached hydrogens (tertiary/aromatic N) is 2. The summed E-state index contributed by atoms with van der Waals surface area (Å²) in [6, 6.07) is 9.20. The lowest BCUT2D eigenvalue weighted by atomic mass is 9.82. The quantitative estimate of drug-likeness (QED) is 0.273. The number of hydrogen-bond acceptors (Lipinski definition) is 9. The zero-order chi connectivity index (χ0) is 28.5. The molecule has 2 aromatic rings. The highest BCUT2D eigenvalue weighted by atomic mass is 16.7. The minimum atomic E-state index is -0.938. The molecule has 12 nitrogen and oxygen atoms in total. The van der Waals surface area contributed by atoms with E-state index in [0.29, 0.717) is 17.0 Å². The summed E-state index contributed by atoms with van der Waals surface area (Å²) in [5, 5.41) is 22.3. The second-order valence-corrected chi connectivity index (χ2v) is 10.2. The maximum atomic E-state index is 13.1. The predicted molar refractivity (Wildman–Crippen MR) is 135 cm³/mol. The van der Waals surface area contributed by atoms with Crippen LogP contribution in [0.25, 0.3) is 5.57 Å². The summed E-state index contributed by atoms with van der Waals surface area (Å²) >= 11 is 0. The number of aromatic amines is 1. The van der Waals surface area contributed by atoms with Gasteiger partial charge in [0.25, 0.3) is 0 Å².